The van der Waals surface area contributed by atoms with Crippen LogP contribution < -0.4 is 0 Å². The summed E-state index contributed by atoms with van der Waals surface area (Å²) in [7, 11) is 0. The number of Topliss-reactive ketones (excluding diaryl/α,β-unsaturated/α-hetero) is 1. The molecule has 1 N–H and O–H groups in total. The summed E-state index contributed by atoms with van der Waals surface area (Å²) in [6.45, 7) is 6.59. The quantitative estimate of drug-likeness (QED) is 0.600. The second-order valence-electron chi connectivity index (χ2n) is 4.25. The van der Waals surface area contributed by atoms with Gasteiger partial charge in [-0.25, -0.2) is 0 Å². The summed E-state index contributed by atoms with van der Waals surface area (Å²) < 4.78 is 5.67. The van der Waals surface area contributed by atoms with Gasteiger partial charge in [-0.05, 0) is 19.3 Å². The fourth-order valence-electron chi connectivity index (χ4n) is 1.93. The van der Waals surface area contributed by atoms with E-state index < -0.39 is 12.4 Å². The zero-order valence-corrected chi connectivity index (χ0v) is 11.1. The number of hydrogen-bond donors (Lipinski definition) is 1. The molecule has 2 unspecified atom stereocenters. The smallest absolute Gasteiger partial charge is 0.310 e. The van der Waals surface area contributed by atoms with E-state index >= 15 is 0 Å². The maximum absolute atomic E-state index is 11.8. The minimum atomic E-state index is -1.06. The Morgan fingerprint density at radius 3 is 2.24 bits per heavy atom. The van der Waals surface area contributed by atoms with Crippen molar-refractivity contribution >= 4 is 11.8 Å². The Labute approximate surface area is 103 Å². The molecule has 4 heteroatoms. The summed E-state index contributed by atoms with van der Waals surface area (Å²) in [5.74, 6) is -1.55. The molecule has 0 bridgehead atoms. The first-order valence-electron chi connectivity index (χ1n) is 6.42. The highest BCUT2D eigenvalue weighted by atomic mass is 16.5. The largest absolute Gasteiger partial charge is 0.481 e. The summed E-state index contributed by atoms with van der Waals surface area (Å²) in [6.07, 6.45) is 2.77. The van der Waals surface area contributed by atoms with Crippen LogP contribution in [0.5, 0.6) is 0 Å². The van der Waals surface area contributed by atoms with Crippen molar-refractivity contribution in [3.05, 3.63) is 0 Å². The van der Waals surface area contributed by atoms with Crippen LogP contribution in [0.2, 0.25) is 0 Å². The third-order valence-corrected chi connectivity index (χ3v) is 2.74. The highest BCUT2D eigenvalue weighted by Gasteiger charge is 2.27. The van der Waals surface area contributed by atoms with Crippen LogP contribution in [0.3, 0.4) is 0 Å². The molecule has 2 atom stereocenters. The normalized spacial score (nSPS) is 14.3. The van der Waals surface area contributed by atoms with E-state index in [1.165, 1.54) is 0 Å². The van der Waals surface area contributed by atoms with E-state index in [1.807, 2.05) is 20.8 Å². The Kier molecular flexibility index (Phi) is 8.68. The summed E-state index contributed by atoms with van der Waals surface area (Å²) in [5.41, 5.74) is 0. The first-order chi connectivity index (χ1) is 8.06. The zero-order chi connectivity index (χ0) is 13.3. The molecule has 0 saturated heterocycles. The highest BCUT2D eigenvalue weighted by molar-refractivity contribution is 5.96. The van der Waals surface area contributed by atoms with Gasteiger partial charge in [0.25, 0.3) is 0 Å². The number of aliphatic carboxylic acids is 1. The lowest BCUT2D eigenvalue weighted by molar-refractivity contribution is -0.143. The molecular formula is C13H24O4. The van der Waals surface area contributed by atoms with Crippen LogP contribution in [0.4, 0.5) is 0 Å². The minimum Gasteiger partial charge on any atom is -0.481 e. The average Bonchev–Trinajstić information content (AvgIpc) is 2.25. The summed E-state index contributed by atoms with van der Waals surface area (Å²) in [6, 6.07) is 0. The van der Waals surface area contributed by atoms with E-state index in [2.05, 4.69) is 0 Å². The van der Waals surface area contributed by atoms with Gasteiger partial charge >= 0.3 is 5.97 Å². The van der Waals surface area contributed by atoms with Gasteiger partial charge in [-0.15, -0.1) is 0 Å². The maximum atomic E-state index is 11.8. The number of carbonyl (C=O) groups is 2. The van der Waals surface area contributed by atoms with Gasteiger partial charge in [-0.3, -0.25) is 9.59 Å². The van der Waals surface area contributed by atoms with E-state index in [9.17, 15) is 9.59 Å². The molecule has 0 rings (SSSR count). The van der Waals surface area contributed by atoms with Gasteiger partial charge in [-0.1, -0.05) is 27.2 Å². The molecule has 0 saturated carbocycles. The van der Waals surface area contributed by atoms with Gasteiger partial charge < -0.3 is 9.84 Å². The second-order valence-corrected chi connectivity index (χ2v) is 4.25. The summed E-state index contributed by atoms with van der Waals surface area (Å²) >= 11 is 0. The molecule has 0 aromatic carbocycles. The molecule has 0 aromatic rings. The van der Waals surface area contributed by atoms with Gasteiger partial charge in [0.2, 0.25) is 0 Å². The van der Waals surface area contributed by atoms with E-state index in [0.717, 1.165) is 19.3 Å². The number of ketones is 1. The Bertz CT molecular complexity index is 238. The number of ether oxygens (including phenoxy) is 1. The molecule has 4 nitrogen and oxygen atoms in total. The third-order valence-electron chi connectivity index (χ3n) is 2.74. The molecule has 0 spiro atoms. The highest BCUT2D eigenvalue weighted by Crippen LogP contribution is 2.20. The monoisotopic (exact) mass is 244 g/mol. The predicted molar refractivity (Wildman–Crippen MR) is 66.0 cm³/mol. The number of carbonyl (C=O) groups excluding carboxylic acids is 1. The third kappa shape index (κ3) is 6.41. The summed E-state index contributed by atoms with van der Waals surface area (Å²) in [5, 5.41) is 8.65. The number of carboxylic acids is 1. The van der Waals surface area contributed by atoms with Crippen LogP contribution in [0, 0.1) is 5.92 Å². The van der Waals surface area contributed by atoms with Crippen LogP contribution in [0.25, 0.3) is 0 Å². The van der Waals surface area contributed by atoms with Gasteiger partial charge in [-0.2, -0.15) is 0 Å². The molecule has 0 aromatic heterocycles. The van der Waals surface area contributed by atoms with Crippen molar-refractivity contribution < 1.29 is 19.4 Å². The van der Waals surface area contributed by atoms with Gasteiger partial charge in [0, 0.05) is 12.5 Å². The molecule has 0 amide bonds. The van der Waals surface area contributed by atoms with Crippen LogP contribution >= 0.6 is 0 Å². The first kappa shape index (κ1) is 16.1. The first-order valence-corrected chi connectivity index (χ1v) is 6.42. The van der Waals surface area contributed by atoms with Gasteiger partial charge in [0.1, 0.15) is 12.2 Å². The molecule has 100 valence electrons. The fraction of sp³-hybridized carbons (Fsp3) is 0.846. The van der Waals surface area contributed by atoms with E-state index in [-0.39, 0.29) is 17.8 Å². The molecule has 0 heterocycles. The fourth-order valence-corrected chi connectivity index (χ4v) is 1.93. The Hall–Kier alpha value is -0.900. The molecule has 0 radical (unpaired) electrons. The lowest BCUT2D eigenvalue weighted by atomic mass is 9.90. The minimum absolute atomic E-state index is 0.128. The maximum Gasteiger partial charge on any atom is 0.310 e. The van der Waals surface area contributed by atoms with Crippen molar-refractivity contribution in [2.24, 2.45) is 5.92 Å². The second kappa shape index (κ2) is 9.16. The topological polar surface area (TPSA) is 63.6 Å². The van der Waals surface area contributed by atoms with Crippen LogP contribution in [-0.2, 0) is 14.3 Å². The Morgan fingerprint density at radius 2 is 1.82 bits per heavy atom. The van der Waals surface area contributed by atoms with Crippen molar-refractivity contribution in [2.75, 3.05) is 6.61 Å². The van der Waals surface area contributed by atoms with Crippen LogP contribution in [-0.4, -0.2) is 29.6 Å². The van der Waals surface area contributed by atoms with Crippen molar-refractivity contribution in [3.63, 3.8) is 0 Å². The molecule has 0 aliphatic rings. The SMILES string of the molecule is CCCOC(CCC)C(CC)C(=O)CC(=O)O. The van der Waals surface area contributed by atoms with E-state index in [4.69, 9.17) is 9.84 Å². The number of hydrogen-bond acceptors (Lipinski definition) is 3. The van der Waals surface area contributed by atoms with Gasteiger partial charge in [0.05, 0.1) is 6.10 Å². The van der Waals surface area contributed by atoms with Crippen molar-refractivity contribution in [1.29, 1.82) is 0 Å². The average molecular weight is 244 g/mol. The predicted octanol–water partition coefficient (Wildman–Crippen LogP) is 2.65. The van der Waals surface area contributed by atoms with Crippen molar-refractivity contribution in [3.8, 4) is 0 Å². The zero-order valence-electron chi connectivity index (χ0n) is 11.1. The van der Waals surface area contributed by atoms with Crippen molar-refractivity contribution in [1.82, 2.24) is 0 Å². The number of rotatable bonds is 10. The molecule has 0 fully saturated rings. The molecular weight excluding hydrogens is 220 g/mol. The summed E-state index contributed by atoms with van der Waals surface area (Å²) in [4.78, 5) is 22.4. The van der Waals surface area contributed by atoms with Crippen molar-refractivity contribution in [2.45, 2.75) is 59.0 Å². The van der Waals surface area contributed by atoms with Crippen LogP contribution in [0.1, 0.15) is 52.9 Å². The lowest BCUT2D eigenvalue weighted by Crippen LogP contribution is -2.31. The standard InChI is InChI=1S/C13H24O4/c1-4-7-12(17-8-5-2)10(6-3)11(14)9-13(15)16/h10,12H,4-9H2,1-3H3,(H,15,16). The molecule has 0 aliphatic carbocycles. The Balaban J connectivity index is 4.51. The van der Waals surface area contributed by atoms with E-state index in [1.54, 1.807) is 0 Å². The molecule has 17 heavy (non-hydrogen) atoms. The van der Waals surface area contributed by atoms with Gasteiger partial charge in [0.15, 0.2) is 0 Å². The van der Waals surface area contributed by atoms with E-state index in [0.29, 0.717) is 13.0 Å². The van der Waals surface area contributed by atoms with Crippen LogP contribution in [0.15, 0.2) is 0 Å². The Morgan fingerprint density at radius 1 is 1.18 bits per heavy atom. The lowest BCUT2D eigenvalue weighted by Gasteiger charge is -2.24. The number of carboxylic acid groups (broad SMARTS) is 1. The molecule has 0 aliphatic heterocycles.